The zero-order chi connectivity index (χ0) is 16.8. The Kier molecular flexibility index (Phi) is 5.28. The van der Waals surface area contributed by atoms with E-state index >= 15 is 0 Å². The molecule has 124 valence electrons. The number of hydrogen-bond acceptors (Lipinski definition) is 4. The Morgan fingerprint density at radius 1 is 1.29 bits per heavy atom. The van der Waals surface area contributed by atoms with E-state index in [1.165, 1.54) is 0 Å². The van der Waals surface area contributed by atoms with Gasteiger partial charge in [-0.05, 0) is 35.2 Å². The van der Waals surface area contributed by atoms with Crippen LogP contribution in [0.3, 0.4) is 0 Å². The highest BCUT2D eigenvalue weighted by molar-refractivity contribution is 7.10. The third-order valence-electron chi connectivity index (χ3n) is 3.75. The molecule has 5 nitrogen and oxygen atoms in total. The van der Waals surface area contributed by atoms with E-state index in [9.17, 15) is 9.59 Å². The molecule has 0 aliphatic carbocycles. The molecule has 1 saturated heterocycles. The van der Waals surface area contributed by atoms with Crippen LogP contribution in [0.15, 0.2) is 47.9 Å². The van der Waals surface area contributed by atoms with Crippen molar-refractivity contribution in [2.45, 2.75) is 6.54 Å². The minimum absolute atomic E-state index is 0.0510. The lowest BCUT2D eigenvalue weighted by molar-refractivity contribution is -0.120. The van der Waals surface area contributed by atoms with Crippen LogP contribution >= 0.6 is 11.3 Å². The van der Waals surface area contributed by atoms with Gasteiger partial charge < -0.3 is 15.5 Å². The number of benzene rings is 1. The number of thiophene rings is 1. The highest BCUT2D eigenvalue weighted by Gasteiger charge is 2.16. The number of rotatable bonds is 5. The molecule has 2 aromatic rings. The van der Waals surface area contributed by atoms with Crippen LogP contribution in [0.2, 0.25) is 0 Å². The van der Waals surface area contributed by atoms with Gasteiger partial charge in [0.2, 0.25) is 11.8 Å². The summed E-state index contributed by atoms with van der Waals surface area (Å²) in [6.45, 7) is 2.36. The Morgan fingerprint density at radius 3 is 2.83 bits per heavy atom. The van der Waals surface area contributed by atoms with Crippen molar-refractivity contribution < 1.29 is 9.59 Å². The first kappa shape index (κ1) is 16.3. The van der Waals surface area contributed by atoms with E-state index in [4.69, 9.17) is 0 Å². The maximum absolute atomic E-state index is 11.8. The van der Waals surface area contributed by atoms with Crippen LogP contribution in [0.1, 0.15) is 10.4 Å². The van der Waals surface area contributed by atoms with Crippen molar-refractivity contribution in [2.24, 2.45) is 0 Å². The molecule has 1 aliphatic heterocycles. The Labute approximate surface area is 145 Å². The molecule has 2 heterocycles. The van der Waals surface area contributed by atoms with Crippen molar-refractivity contribution in [2.75, 3.05) is 24.5 Å². The lowest BCUT2D eigenvalue weighted by Crippen LogP contribution is -2.47. The fourth-order valence-corrected chi connectivity index (χ4v) is 3.09. The molecule has 1 aliphatic rings. The first-order valence-electron chi connectivity index (χ1n) is 7.81. The maximum atomic E-state index is 11.8. The van der Waals surface area contributed by atoms with E-state index in [0.29, 0.717) is 19.6 Å². The number of piperazine rings is 1. The molecule has 1 aromatic heterocycles. The van der Waals surface area contributed by atoms with Gasteiger partial charge in [0, 0.05) is 36.3 Å². The molecular formula is C18H19N3O2S. The predicted octanol–water partition coefficient (Wildman–Crippen LogP) is 2.01. The second-order valence-corrected chi connectivity index (χ2v) is 6.48. The van der Waals surface area contributed by atoms with Crippen LogP contribution in [0.4, 0.5) is 5.69 Å². The quantitative estimate of drug-likeness (QED) is 0.818. The molecule has 6 heteroatoms. The van der Waals surface area contributed by atoms with Crippen molar-refractivity contribution in [3.8, 4) is 0 Å². The first-order valence-corrected chi connectivity index (χ1v) is 8.69. The summed E-state index contributed by atoms with van der Waals surface area (Å²) in [7, 11) is 0. The number of amides is 2. The van der Waals surface area contributed by atoms with Gasteiger partial charge in [0.1, 0.15) is 0 Å². The molecule has 0 bridgehead atoms. The molecule has 1 aromatic carbocycles. The van der Waals surface area contributed by atoms with Gasteiger partial charge in [0.25, 0.3) is 0 Å². The van der Waals surface area contributed by atoms with E-state index in [0.717, 1.165) is 22.7 Å². The summed E-state index contributed by atoms with van der Waals surface area (Å²) >= 11 is 1.59. The fraction of sp³-hybridized carbons (Fsp3) is 0.222. The topological polar surface area (TPSA) is 61.4 Å². The summed E-state index contributed by atoms with van der Waals surface area (Å²) in [4.78, 5) is 26.4. The molecular weight excluding hydrogens is 322 g/mol. The third kappa shape index (κ3) is 4.45. The highest BCUT2D eigenvalue weighted by atomic mass is 32.1. The Bertz CT molecular complexity index is 723. The van der Waals surface area contributed by atoms with Gasteiger partial charge in [0.05, 0.1) is 6.54 Å². The lowest BCUT2D eigenvalue weighted by Gasteiger charge is -2.28. The van der Waals surface area contributed by atoms with Crippen molar-refractivity contribution >= 4 is 34.9 Å². The lowest BCUT2D eigenvalue weighted by atomic mass is 10.2. The summed E-state index contributed by atoms with van der Waals surface area (Å²) in [5.74, 6) is -0.0599. The first-order chi connectivity index (χ1) is 11.7. The summed E-state index contributed by atoms with van der Waals surface area (Å²) in [6, 6.07) is 11.9. The smallest absolute Gasteiger partial charge is 0.244 e. The number of hydrogen-bond donors (Lipinski definition) is 2. The van der Waals surface area contributed by atoms with Crippen LogP contribution in [-0.2, 0) is 16.1 Å². The van der Waals surface area contributed by atoms with Gasteiger partial charge in [0.15, 0.2) is 0 Å². The zero-order valence-electron chi connectivity index (χ0n) is 13.2. The molecule has 0 spiro atoms. The second kappa shape index (κ2) is 7.79. The molecule has 0 saturated carbocycles. The average molecular weight is 341 g/mol. The summed E-state index contributed by atoms with van der Waals surface area (Å²) in [5, 5.41) is 7.66. The van der Waals surface area contributed by atoms with Gasteiger partial charge in [-0.1, -0.05) is 18.2 Å². The van der Waals surface area contributed by atoms with Gasteiger partial charge >= 0.3 is 0 Å². The Hall–Kier alpha value is -2.60. The van der Waals surface area contributed by atoms with E-state index in [-0.39, 0.29) is 11.8 Å². The largest absolute Gasteiger partial charge is 0.360 e. The SMILES string of the molecule is O=C(C=Cc1cccs1)NCc1ccc(N2CCNC(=O)C2)cc1. The van der Waals surface area contributed by atoms with Crippen LogP contribution in [0.25, 0.3) is 6.08 Å². The highest BCUT2D eigenvalue weighted by Crippen LogP contribution is 2.16. The Balaban J connectivity index is 1.51. The molecule has 2 N–H and O–H groups in total. The monoisotopic (exact) mass is 341 g/mol. The standard InChI is InChI=1S/C18H19N3O2S/c22-17(8-7-16-2-1-11-24-16)20-12-14-3-5-15(6-4-14)21-10-9-19-18(23)13-21/h1-8,11H,9-10,12-13H2,(H,19,23)(H,20,22). The van der Waals surface area contributed by atoms with Crippen LogP contribution in [0.5, 0.6) is 0 Å². The van der Waals surface area contributed by atoms with Gasteiger partial charge in [-0.2, -0.15) is 0 Å². The maximum Gasteiger partial charge on any atom is 0.244 e. The number of nitrogens with zero attached hydrogens (tertiary/aromatic N) is 1. The second-order valence-electron chi connectivity index (χ2n) is 5.50. The van der Waals surface area contributed by atoms with Gasteiger partial charge in [-0.15, -0.1) is 11.3 Å². The van der Waals surface area contributed by atoms with Crippen LogP contribution < -0.4 is 15.5 Å². The van der Waals surface area contributed by atoms with E-state index in [1.54, 1.807) is 17.4 Å². The minimum Gasteiger partial charge on any atom is -0.360 e. The van der Waals surface area contributed by atoms with Gasteiger partial charge in [-0.3, -0.25) is 9.59 Å². The van der Waals surface area contributed by atoms with Crippen LogP contribution in [-0.4, -0.2) is 31.4 Å². The number of carbonyl (C=O) groups excluding carboxylic acids is 2. The summed E-state index contributed by atoms with van der Waals surface area (Å²) in [5.41, 5.74) is 2.05. The third-order valence-corrected chi connectivity index (χ3v) is 4.59. The summed E-state index contributed by atoms with van der Waals surface area (Å²) < 4.78 is 0. The van der Waals surface area contributed by atoms with Crippen molar-refractivity contribution in [1.82, 2.24) is 10.6 Å². The molecule has 1 fully saturated rings. The molecule has 0 unspecified atom stereocenters. The van der Waals surface area contributed by atoms with Crippen molar-refractivity contribution in [3.63, 3.8) is 0 Å². The fourth-order valence-electron chi connectivity index (χ4n) is 2.48. The molecule has 0 radical (unpaired) electrons. The molecule has 0 atom stereocenters. The molecule has 24 heavy (non-hydrogen) atoms. The Morgan fingerprint density at radius 2 is 2.12 bits per heavy atom. The number of anilines is 1. The minimum atomic E-state index is -0.111. The number of nitrogens with one attached hydrogen (secondary N) is 2. The van der Waals surface area contributed by atoms with Crippen molar-refractivity contribution in [1.29, 1.82) is 0 Å². The van der Waals surface area contributed by atoms with Gasteiger partial charge in [-0.25, -0.2) is 0 Å². The number of carbonyl (C=O) groups is 2. The predicted molar refractivity (Wildman–Crippen MR) is 96.9 cm³/mol. The summed E-state index contributed by atoms with van der Waals surface area (Å²) in [6.07, 6.45) is 3.36. The van der Waals surface area contributed by atoms with E-state index in [1.807, 2.05) is 52.8 Å². The van der Waals surface area contributed by atoms with Crippen molar-refractivity contribution in [3.05, 3.63) is 58.3 Å². The molecule has 2 amide bonds. The zero-order valence-corrected chi connectivity index (χ0v) is 14.0. The average Bonchev–Trinajstić information content (AvgIpc) is 3.12. The normalized spacial score (nSPS) is 14.7. The van der Waals surface area contributed by atoms with E-state index in [2.05, 4.69) is 10.6 Å². The van der Waals surface area contributed by atoms with Crippen LogP contribution in [0, 0.1) is 0 Å². The molecule has 3 rings (SSSR count). The van der Waals surface area contributed by atoms with E-state index < -0.39 is 0 Å².